The molecule has 0 N–H and O–H groups in total. The summed E-state index contributed by atoms with van der Waals surface area (Å²) in [6, 6.07) is 51.3. The fourth-order valence-corrected chi connectivity index (χ4v) is 4.98. The smallest absolute Gasteiger partial charge is 0.119 e. The van der Waals surface area contributed by atoms with Gasteiger partial charge in [0.25, 0.3) is 0 Å². The summed E-state index contributed by atoms with van der Waals surface area (Å²) in [5, 5.41) is 2.47. The minimum absolute atomic E-state index is 0.859. The van der Waals surface area contributed by atoms with E-state index in [1.807, 2.05) is 12.1 Å². The number of hydrogen-bond acceptors (Lipinski definition) is 3. The van der Waals surface area contributed by atoms with E-state index in [2.05, 4.69) is 150 Å². The Labute approximate surface area is 230 Å². The average molecular weight is 507 g/mol. The summed E-state index contributed by atoms with van der Waals surface area (Å²) in [4.78, 5) is 4.48. The van der Waals surface area contributed by atoms with Crippen molar-refractivity contribution in [1.29, 1.82) is 0 Å². The van der Waals surface area contributed by atoms with E-state index in [9.17, 15) is 0 Å². The lowest BCUT2D eigenvalue weighted by Crippen LogP contribution is -2.09. The van der Waals surface area contributed by atoms with E-state index in [0.29, 0.717) is 0 Å². The van der Waals surface area contributed by atoms with Gasteiger partial charge in [0.15, 0.2) is 0 Å². The predicted molar refractivity (Wildman–Crippen MR) is 165 cm³/mol. The van der Waals surface area contributed by atoms with Crippen LogP contribution in [-0.4, -0.2) is 14.2 Å². The molecule has 0 spiro atoms. The number of fused-ring (bicyclic) bond motifs is 1. The molecule has 0 aromatic heterocycles. The van der Waals surface area contributed by atoms with Gasteiger partial charge in [-0.05, 0) is 94.7 Å². The summed E-state index contributed by atoms with van der Waals surface area (Å²) in [5.74, 6) is 0.859. The Morgan fingerprint density at radius 3 is 1.54 bits per heavy atom. The van der Waals surface area contributed by atoms with Crippen molar-refractivity contribution in [3.8, 4) is 16.9 Å². The van der Waals surface area contributed by atoms with Gasteiger partial charge in [-0.15, -0.1) is 0 Å². The van der Waals surface area contributed by atoms with Crippen molar-refractivity contribution < 1.29 is 4.74 Å². The van der Waals surface area contributed by atoms with Crippen molar-refractivity contribution in [2.75, 3.05) is 24.0 Å². The second kappa shape index (κ2) is 10.8. The lowest BCUT2D eigenvalue weighted by Gasteiger charge is -2.26. The molecule has 0 aliphatic rings. The van der Waals surface area contributed by atoms with Crippen LogP contribution in [0, 0.1) is 0 Å². The van der Waals surface area contributed by atoms with Gasteiger partial charge in [-0.25, -0.2) is 0 Å². The average Bonchev–Trinajstić information content (AvgIpc) is 3.02. The van der Waals surface area contributed by atoms with E-state index in [4.69, 9.17) is 4.74 Å². The standard InChI is InChI=1S/C36H30N2O/c1-37(32-22-24-36(39-2)25-23-32)31-17-12-28(13-18-31)29-14-19-34(20-15-29)38(33-10-4-3-5-11-33)35-21-16-27-8-6-7-9-30(27)26-35/h3-26H,1-2H3. The van der Waals surface area contributed by atoms with E-state index in [1.165, 1.54) is 21.9 Å². The van der Waals surface area contributed by atoms with E-state index in [0.717, 1.165) is 34.2 Å². The van der Waals surface area contributed by atoms with Crippen molar-refractivity contribution >= 4 is 39.2 Å². The summed E-state index contributed by atoms with van der Waals surface area (Å²) in [6.07, 6.45) is 0. The fraction of sp³-hybridized carbons (Fsp3) is 0.0556. The largest absolute Gasteiger partial charge is 0.497 e. The summed E-state index contributed by atoms with van der Waals surface area (Å²) < 4.78 is 5.29. The molecular weight excluding hydrogens is 476 g/mol. The van der Waals surface area contributed by atoms with Gasteiger partial charge in [-0.1, -0.05) is 72.8 Å². The Hall–Kier alpha value is -5.02. The molecule has 0 bridgehead atoms. The summed E-state index contributed by atoms with van der Waals surface area (Å²) >= 11 is 0. The van der Waals surface area contributed by atoms with Crippen molar-refractivity contribution in [2.45, 2.75) is 0 Å². The van der Waals surface area contributed by atoms with Crippen LogP contribution in [0.4, 0.5) is 28.4 Å². The minimum Gasteiger partial charge on any atom is -0.497 e. The van der Waals surface area contributed by atoms with Crippen molar-refractivity contribution in [3.05, 3.63) is 146 Å². The van der Waals surface area contributed by atoms with Gasteiger partial charge >= 0.3 is 0 Å². The van der Waals surface area contributed by atoms with Crippen LogP contribution in [0.5, 0.6) is 5.75 Å². The van der Waals surface area contributed by atoms with Gasteiger partial charge in [-0.3, -0.25) is 0 Å². The Morgan fingerprint density at radius 1 is 0.436 bits per heavy atom. The minimum atomic E-state index is 0.859. The number of nitrogens with zero attached hydrogens (tertiary/aromatic N) is 2. The van der Waals surface area contributed by atoms with Crippen LogP contribution in [-0.2, 0) is 0 Å². The van der Waals surface area contributed by atoms with Crippen LogP contribution in [0.25, 0.3) is 21.9 Å². The van der Waals surface area contributed by atoms with Crippen LogP contribution >= 0.6 is 0 Å². The second-order valence-corrected chi connectivity index (χ2v) is 9.55. The van der Waals surface area contributed by atoms with Gasteiger partial charge < -0.3 is 14.5 Å². The molecule has 0 heterocycles. The normalized spacial score (nSPS) is 10.8. The molecule has 0 atom stereocenters. The predicted octanol–water partition coefficient (Wildman–Crippen LogP) is 9.75. The fourth-order valence-electron chi connectivity index (χ4n) is 4.98. The quantitative estimate of drug-likeness (QED) is 0.214. The van der Waals surface area contributed by atoms with E-state index in [1.54, 1.807) is 7.11 Å². The van der Waals surface area contributed by atoms with Crippen LogP contribution in [0.1, 0.15) is 0 Å². The van der Waals surface area contributed by atoms with E-state index < -0.39 is 0 Å². The monoisotopic (exact) mass is 506 g/mol. The third-order valence-corrected chi connectivity index (χ3v) is 7.18. The highest BCUT2D eigenvalue weighted by Crippen LogP contribution is 2.37. The molecule has 6 aromatic rings. The van der Waals surface area contributed by atoms with Gasteiger partial charge in [0.1, 0.15) is 5.75 Å². The lowest BCUT2D eigenvalue weighted by molar-refractivity contribution is 0.415. The molecule has 0 radical (unpaired) electrons. The molecule has 6 rings (SSSR count). The highest BCUT2D eigenvalue weighted by atomic mass is 16.5. The first-order chi connectivity index (χ1) is 19.2. The highest BCUT2D eigenvalue weighted by Gasteiger charge is 2.13. The number of para-hydroxylation sites is 1. The zero-order valence-electron chi connectivity index (χ0n) is 22.2. The molecule has 0 aliphatic heterocycles. The molecular formula is C36H30N2O. The zero-order valence-corrected chi connectivity index (χ0v) is 22.2. The Bertz CT molecular complexity index is 1680. The maximum Gasteiger partial charge on any atom is 0.119 e. The Balaban J connectivity index is 1.28. The molecule has 0 unspecified atom stereocenters. The molecule has 39 heavy (non-hydrogen) atoms. The molecule has 0 saturated heterocycles. The summed E-state index contributed by atoms with van der Waals surface area (Å²) in [7, 11) is 3.77. The Morgan fingerprint density at radius 2 is 0.923 bits per heavy atom. The van der Waals surface area contributed by atoms with Gasteiger partial charge in [0.05, 0.1) is 7.11 Å². The number of hydrogen-bond donors (Lipinski definition) is 0. The molecule has 3 heteroatoms. The molecule has 6 aromatic carbocycles. The van der Waals surface area contributed by atoms with Crippen LogP contribution in [0.15, 0.2) is 146 Å². The van der Waals surface area contributed by atoms with Gasteiger partial charge in [-0.2, -0.15) is 0 Å². The first-order valence-electron chi connectivity index (χ1n) is 13.1. The van der Waals surface area contributed by atoms with Gasteiger partial charge in [0, 0.05) is 35.5 Å². The topological polar surface area (TPSA) is 15.7 Å². The molecule has 0 aliphatic carbocycles. The van der Waals surface area contributed by atoms with Crippen molar-refractivity contribution in [3.63, 3.8) is 0 Å². The maximum absolute atomic E-state index is 5.29. The second-order valence-electron chi connectivity index (χ2n) is 9.55. The van der Waals surface area contributed by atoms with E-state index in [-0.39, 0.29) is 0 Å². The third-order valence-electron chi connectivity index (χ3n) is 7.18. The third kappa shape index (κ3) is 5.07. The molecule has 190 valence electrons. The van der Waals surface area contributed by atoms with Crippen LogP contribution in [0.2, 0.25) is 0 Å². The van der Waals surface area contributed by atoms with Crippen molar-refractivity contribution in [2.24, 2.45) is 0 Å². The molecule has 0 fully saturated rings. The first-order valence-corrected chi connectivity index (χ1v) is 13.1. The number of anilines is 5. The first kappa shape index (κ1) is 24.3. The number of rotatable bonds is 7. The highest BCUT2D eigenvalue weighted by molar-refractivity contribution is 5.89. The molecule has 0 amide bonds. The van der Waals surface area contributed by atoms with Crippen molar-refractivity contribution in [1.82, 2.24) is 0 Å². The SMILES string of the molecule is COc1ccc(N(C)c2ccc(-c3ccc(N(c4ccccc4)c4ccc5ccccc5c4)cc3)cc2)cc1. The number of benzene rings is 6. The maximum atomic E-state index is 5.29. The van der Waals surface area contributed by atoms with Crippen LogP contribution in [0.3, 0.4) is 0 Å². The molecule has 0 saturated carbocycles. The zero-order chi connectivity index (χ0) is 26.6. The summed E-state index contributed by atoms with van der Waals surface area (Å²) in [5.41, 5.74) is 8.00. The molecule has 3 nitrogen and oxygen atoms in total. The summed E-state index contributed by atoms with van der Waals surface area (Å²) in [6.45, 7) is 0. The van der Waals surface area contributed by atoms with E-state index >= 15 is 0 Å². The van der Waals surface area contributed by atoms with Gasteiger partial charge in [0.2, 0.25) is 0 Å². The number of ether oxygens (including phenoxy) is 1. The lowest BCUT2D eigenvalue weighted by atomic mass is 10.0. The Kier molecular flexibility index (Phi) is 6.71. The van der Waals surface area contributed by atoms with Crippen LogP contribution < -0.4 is 14.5 Å². The number of methoxy groups -OCH3 is 1.